The third-order valence-electron chi connectivity index (χ3n) is 3.90. The number of carbonyl (C=O) groups is 3. The van der Waals surface area contributed by atoms with E-state index in [9.17, 15) is 14.4 Å². The van der Waals surface area contributed by atoms with Gasteiger partial charge in [-0.05, 0) is 30.9 Å². The van der Waals surface area contributed by atoms with Crippen LogP contribution in [0, 0.1) is 12.3 Å². The third-order valence-corrected chi connectivity index (χ3v) is 3.90. The number of aromatic nitrogens is 1. The number of aryl methyl sites for hydroxylation is 1. The van der Waals surface area contributed by atoms with E-state index in [4.69, 9.17) is 0 Å². The number of Topliss-reactive ketones (excluding diaryl/α,β-unsaturated/α-hetero) is 1. The largest absolute Gasteiger partial charge is 0.294 e. The van der Waals surface area contributed by atoms with Crippen molar-refractivity contribution in [2.45, 2.75) is 33.6 Å². The van der Waals surface area contributed by atoms with E-state index in [2.05, 4.69) is 4.98 Å². The highest BCUT2D eigenvalue weighted by molar-refractivity contribution is 6.26. The zero-order valence-electron chi connectivity index (χ0n) is 11.7. The predicted octanol–water partition coefficient (Wildman–Crippen LogP) is 2.48. The molecular weight excluding hydrogens is 254 g/mol. The molecular formula is C16H15NO3. The Morgan fingerprint density at radius 2 is 1.55 bits per heavy atom. The first kappa shape index (κ1) is 12.9. The summed E-state index contributed by atoms with van der Waals surface area (Å²) in [5, 5.41) is 0. The first-order chi connectivity index (χ1) is 9.30. The molecule has 0 unspecified atom stereocenters. The summed E-state index contributed by atoms with van der Waals surface area (Å²) in [6.07, 6.45) is 3.52. The van der Waals surface area contributed by atoms with E-state index in [-0.39, 0.29) is 28.3 Å². The van der Waals surface area contributed by atoms with Gasteiger partial charge in [0.25, 0.3) is 0 Å². The van der Waals surface area contributed by atoms with Crippen molar-refractivity contribution in [3.05, 3.63) is 40.2 Å². The fraction of sp³-hybridized carbons (Fsp3) is 0.375. The van der Waals surface area contributed by atoms with E-state index in [1.165, 1.54) is 12.2 Å². The van der Waals surface area contributed by atoms with Gasteiger partial charge in [-0.3, -0.25) is 19.4 Å². The van der Waals surface area contributed by atoms with Gasteiger partial charge in [-0.15, -0.1) is 0 Å². The zero-order valence-corrected chi connectivity index (χ0v) is 11.7. The fourth-order valence-electron chi connectivity index (χ4n) is 3.10. The van der Waals surface area contributed by atoms with Crippen LogP contribution in [-0.2, 0) is 6.42 Å². The van der Waals surface area contributed by atoms with E-state index in [1.54, 1.807) is 6.92 Å². The topological polar surface area (TPSA) is 64.1 Å². The fourth-order valence-corrected chi connectivity index (χ4v) is 3.10. The number of pyridine rings is 1. The van der Waals surface area contributed by atoms with Crippen molar-refractivity contribution in [2.24, 2.45) is 5.41 Å². The molecule has 2 aliphatic carbocycles. The monoisotopic (exact) mass is 269 g/mol. The van der Waals surface area contributed by atoms with Crippen LogP contribution in [0.15, 0.2) is 12.2 Å². The highest BCUT2D eigenvalue weighted by Gasteiger charge is 2.38. The number of hydrogen-bond acceptors (Lipinski definition) is 4. The number of fused-ring (bicyclic) bond motifs is 3. The molecule has 0 spiro atoms. The summed E-state index contributed by atoms with van der Waals surface area (Å²) in [5.74, 6) is -0.601. The average Bonchev–Trinajstić information content (AvgIpc) is 2.31. The molecule has 20 heavy (non-hydrogen) atoms. The van der Waals surface area contributed by atoms with Crippen molar-refractivity contribution in [2.75, 3.05) is 0 Å². The summed E-state index contributed by atoms with van der Waals surface area (Å²) in [7, 11) is 0. The molecule has 0 aliphatic heterocycles. The Labute approximate surface area is 116 Å². The van der Waals surface area contributed by atoms with Crippen LogP contribution >= 0.6 is 0 Å². The molecule has 0 saturated heterocycles. The highest BCUT2D eigenvalue weighted by Crippen LogP contribution is 2.37. The number of rotatable bonds is 0. The lowest BCUT2D eigenvalue weighted by molar-refractivity contribution is 0.0899. The van der Waals surface area contributed by atoms with Gasteiger partial charge in [0.15, 0.2) is 17.3 Å². The molecule has 1 heterocycles. The molecule has 0 aromatic carbocycles. The first-order valence-corrected chi connectivity index (χ1v) is 6.63. The third kappa shape index (κ3) is 1.75. The van der Waals surface area contributed by atoms with Crippen molar-refractivity contribution in [3.8, 4) is 0 Å². The second-order valence-corrected chi connectivity index (χ2v) is 6.27. The standard InChI is InChI=1S/C16H15NO3/c1-8-13-10(18)4-5-11(19)15(13)14-9(17-8)6-16(2,3)7-12(14)20/h4-5H,6-7H2,1-3H3. The maximum atomic E-state index is 12.4. The second kappa shape index (κ2) is 3.95. The zero-order chi connectivity index (χ0) is 14.7. The minimum Gasteiger partial charge on any atom is -0.294 e. The van der Waals surface area contributed by atoms with E-state index in [0.717, 1.165) is 0 Å². The van der Waals surface area contributed by atoms with Gasteiger partial charge in [0.05, 0.1) is 16.8 Å². The molecule has 0 bridgehead atoms. The maximum Gasteiger partial charge on any atom is 0.188 e. The Hall–Kier alpha value is -2.10. The van der Waals surface area contributed by atoms with Gasteiger partial charge >= 0.3 is 0 Å². The van der Waals surface area contributed by atoms with Crippen LogP contribution in [-0.4, -0.2) is 22.3 Å². The molecule has 2 aliphatic rings. The number of nitrogens with zero attached hydrogens (tertiary/aromatic N) is 1. The molecule has 1 aromatic rings. The smallest absolute Gasteiger partial charge is 0.188 e. The molecule has 0 fully saturated rings. The summed E-state index contributed by atoms with van der Waals surface area (Å²) in [6, 6.07) is 0. The number of hydrogen-bond donors (Lipinski definition) is 0. The minimum atomic E-state index is -0.269. The minimum absolute atomic E-state index is 0.0866. The van der Waals surface area contributed by atoms with Gasteiger partial charge in [0.2, 0.25) is 0 Å². The van der Waals surface area contributed by atoms with Gasteiger partial charge in [0, 0.05) is 17.7 Å². The number of carbonyl (C=O) groups excluding carboxylic acids is 3. The second-order valence-electron chi connectivity index (χ2n) is 6.27. The lowest BCUT2D eigenvalue weighted by atomic mass is 9.73. The molecule has 1 aromatic heterocycles. The molecule has 0 atom stereocenters. The summed E-state index contributed by atoms with van der Waals surface area (Å²) in [5.41, 5.74) is 1.96. The van der Waals surface area contributed by atoms with Gasteiger partial charge in [-0.1, -0.05) is 13.8 Å². The Balaban J connectivity index is 2.35. The Morgan fingerprint density at radius 3 is 2.20 bits per heavy atom. The Morgan fingerprint density at radius 1 is 0.950 bits per heavy atom. The van der Waals surface area contributed by atoms with E-state index in [1.807, 2.05) is 13.8 Å². The van der Waals surface area contributed by atoms with E-state index < -0.39 is 0 Å². The van der Waals surface area contributed by atoms with E-state index >= 15 is 0 Å². The van der Waals surface area contributed by atoms with Crippen molar-refractivity contribution < 1.29 is 14.4 Å². The molecule has 0 amide bonds. The SMILES string of the molecule is Cc1nc2c(c3c1C(=O)C=CC3=O)C(=O)CC(C)(C)C2. The summed E-state index contributed by atoms with van der Waals surface area (Å²) >= 11 is 0. The van der Waals surface area contributed by atoms with Crippen molar-refractivity contribution in [3.63, 3.8) is 0 Å². The Bertz CT molecular complexity index is 711. The molecule has 102 valence electrons. The number of ketones is 3. The molecule has 0 saturated carbocycles. The molecule has 0 radical (unpaired) electrons. The molecule has 4 heteroatoms. The first-order valence-electron chi connectivity index (χ1n) is 6.63. The van der Waals surface area contributed by atoms with E-state index in [0.29, 0.717) is 35.4 Å². The quantitative estimate of drug-likeness (QED) is 0.725. The predicted molar refractivity (Wildman–Crippen MR) is 73.2 cm³/mol. The van der Waals surface area contributed by atoms with Gasteiger partial charge < -0.3 is 0 Å². The summed E-state index contributed by atoms with van der Waals surface area (Å²) in [4.78, 5) is 41.0. The Kier molecular flexibility index (Phi) is 2.55. The van der Waals surface area contributed by atoms with Crippen LogP contribution in [0.4, 0.5) is 0 Å². The average molecular weight is 269 g/mol. The van der Waals surface area contributed by atoms with Crippen LogP contribution in [0.3, 0.4) is 0 Å². The number of allylic oxidation sites excluding steroid dienone is 2. The van der Waals surface area contributed by atoms with Crippen LogP contribution in [0.1, 0.15) is 62.7 Å². The van der Waals surface area contributed by atoms with Gasteiger partial charge in [-0.2, -0.15) is 0 Å². The highest BCUT2D eigenvalue weighted by atomic mass is 16.1. The van der Waals surface area contributed by atoms with Crippen LogP contribution < -0.4 is 0 Å². The van der Waals surface area contributed by atoms with Crippen molar-refractivity contribution in [1.29, 1.82) is 0 Å². The normalized spacial score (nSPS) is 19.9. The van der Waals surface area contributed by atoms with Gasteiger partial charge in [-0.25, -0.2) is 0 Å². The van der Waals surface area contributed by atoms with Gasteiger partial charge in [0.1, 0.15) is 0 Å². The van der Waals surface area contributed by atoms with Crippen molar-refractivity contribution in [1.82, 2.24) is 4.98 Å². The van der Waals surface area contributed by atoms with Crippen LogP contribution in [0.5, 0.6) is 0 Å². The van der Waals surface area contributed by atoms with Crippen LogP contribution in [0.25, 0.3) is 0 Å². The summed E-state index contributed by atoms with van der Waals surface area (Å²) < 4.78 is 0. The summed E-state index contributed by atoms with van der Waals surface area (Å²) in [6.45, 7) is 5.74. The molecule has 4 nitrogen and oxygen atoms in total. The van der Waals surface area contributed by atoms with Crippen molar-refractivity contribution >= 4 is 17.3 Å². The lowest BCUT2D eigenvalue weighted by Gasteiger charge is -2.31. The van der Waals surface area contributed by atoms with Crippen LogP contribution in [0.2, 0.25) is 0 Å². The molecule has 3 rings (SSSR count). The molecule has 0 N–H and O–H groups in total. The maximum absolute atomic E-state index is 12.4. The lowest BCUT2D eigenvalue weighted by Crippen LogP contribution is -2.32.